The summed E-state index contributed by atoms with van der Waals surface area (Å²) in [5.74, 6) is 1.20. The van der Waals surface area contributed by atoms with Gasteiger partial charge in [0.25, 0.3) is 0 Å². The van der Waals surface area contributed by atoms with E-state index in [0.29, 0.717) is 43.6 Å². The molecule has 1 unspecified atom stereocenters. The zero-order valence-corrected chi connectivity index (χ0v) is 20.8. The molecule has 194 valence electrons. The highest BCUT2D eigenvalue weighted by Gasteiger charge is 2.33. The van der Waals surface area contributed by atoms with Crippen LogP contribution in [0.25, 0.3) is 11.3 Å². The zero-order valence-electron chi connectivity index (χ0n) is 20.0. The van der Waals surface area contributed by atoms with Crippen molar-refractivity contribution in [3.63, 3.8) is 0 Å². The summed E-state index contributed by atoms with van der Waals surface area (Å²) in [5, 5.41) is 9.43. The fourth-order valence-electron chi connectivity index (χ4n) is 4.81. The lowest BCUT2D eigenvalue weighted by molar-refractivity contribution is -0.138. The maximum absolute atomic E-state index is 13.3. The molecule has 2 aliphatic rings. The molecule has 0 aliphatic carbocycles. The number of benzene rings is 1. The first kappa shape index (κ1) is 25.3. The number of carbonyl (C=O) groups excluding carboxylic acids is 1. The van der Waals surface area contributed by atoms with E-state index in [9.17, 15) is 18.0 Å². The molecule has 0 N–H and O–H groups in total. The summed E-state index contributed by atoms with van der Waals surface area (Å²) in [6, 6.07) is 13.7. The third kappa shape index (κ3) is 5.79. The van der Waals surface area contributed by atoms with Gasteiger partial charge in [-0.15, -0.1) is 10.2 Å². The lowest BCUT2D eigenvalue weighted by Crippen LogP contribution is -2.52. The molecule has 37 heavy (non-hydrogen) atoms. The maximum Gasteiger partial charge on any atom is 0.417 e. The number of rotatable bonds is 4. The lowest BCUT2D eigenvalue weighted by atomic mass is 9.96. The highest BCUT2D eigenvalue weighted by Crippen LogP contribution is 2.30. The van der Waals surface area contributed by atoms with Gasteiger partial charge in [-0.1, -0.05) is 23.7 Å². The first-order valence-electron chi connectivity index (χ1n) is 12.2. The summed E-state index contributed by atoms with van der Waals surface area (Å²) in [6.45, 7) is 3.46. The lowest BCUT2D eigenvalue weighted by Gasteiger charge is -2.39. The van der Waals surface area contributed by atoms with E-state index in [1.165, 1.54) is 6.07 Å². The standard InChI is InChI=1S/C26H26ClF3N6O/c27-21-6-3-18(4-7-21)22-8-10-24(33-32-22)36-11-1-2-19(17-36)25(37)35-14-12-34(13-15-35)23-9-5-20(16-31-23)26(28,29)30/h3-10,16,19H,1-2,11-15,17H2. The van der Waals surface area contributed by atoms with Crippen LogP contribution in [0.3, 0.4) is 0 Å². The van der Waals surface area contributed by atoms with Crippen molar-refractivity contribution in [1.29, 1.82) is 0 Å². The van der Waals surface area contributed by atoms with Crippen molar-refractivity contribution in [2.75, 3.05) is 49.1 Å². The van der Waals surface area contributed by atoms with Gasteiger partial charge >= 0.3 is 6.18 Å². The average molecular weight is 531 g/mol. The van der Waals surface area contributed by atoms with Gasteiger partial charge in [0.15, 0.2) is 5.82 Å². The molecule has 4 heterocycles. The number of aromatic nitrogens is 3. The molecule has 2 saturated heterocycles. The molecule has 5 rings (SSSR count). The van der Waals surface area contributed by atoms with Crippen molar-refractivity contribution in [1.82, 2.24) is 20.1 Å². The number of hydrogen-bond acceptors (Lipinski definition) is 6. The van der Waals surface area contributed by atoms with E-state index in [4.69, 9.17) is 11.6 Å². The fourth-order valence-corrected chi connectivity index (χ4v) is 4.94. The SMILES string of the molecule is O=C(C1CCCN(c2ccc(-c3ccc(Cl)cc3)nn2)C1)N1CCN(c2ccc(C(F)(F)F)cn2)CC1. The Hall–Kier alpha value is -3.40. The minimum absolute atomic E-state index is 0.107. The van der Waals surface area contributed by atoms with Gasteiger partial charge < -0.3 is 14.7 Å². The Bertz CT molecular complexity index is 1210. The van der Waals surface area contributed by atoms with E-state index in [-0.39, 0.29) is 11.8 Å². The number of carbonyl (C=O) groups is 1. The molecule has 7 nitrogen and oxygen atoms in total. The van der Waals surface area contributed by atoms with Gasteiger partial charge in [-0.2, -0.15) is 13.2 Å². The van der Waals surface area contributed by atoms with Crippen molar-refractivity contribution in [2.45, 2.75) is 19.0 Å². The van der Waals surface area contributed by atoms with Crippen LogP contribution in [0.15, 0.2) is 54.7 Å². The maximum atomic E-state index is 13.3. The number of hydrogen-bond donors (Lipinski definition) is 0. The van der Waals surface area contributed by atoms with Gasteiger partial charge in [0.1, 0.15) is 5.82 Å². The summed E-state index contributed by atoms with van der Waals surface area (Å²) >= 11 is 5.96. The monoisotopic (exact) mass is 530 g/mol. The van der Waals surface area contributed by atoms with E-state index in [1.54, 1.807) is 0 Å². The van der Waals surface area contributed by atoms with Crippen LogP contribution in [0.1, 0.15) is 18.4 Å². The predicted octanol–water partition coefficient (Wildman–Crippen LogP) is 4.78. The normalized spacial score (nSPS) is 18.7. The van der Waals surface area contributed by atoms with Crippen molar-refractivity contribution in [3.8, 4) is 11.3 Å². The topological polar surface area (TPSA) is 65.5 Å². The van der Waals surface area contributed by atoms with Crippen molar-refractivity contribution in [3.05, 3.63) is 65.3 Å². The number of anilines is 2. The molecular formula is C26H26ClF3N6O. The second-order valence-electron chi connectivity index (χ2n) is 9.28. The number of nitrogens with zero attached hydrogens (tertiary/aromatic N) is 6. The molecular weight excluding hydrogens is 505 g/mol. The van der Waals surface area contributed by atoms with Gasteiger partial charge in [-0.3, -0.25) is 4.79 Å². The number of alkyl halides is 3. The molecule has 0 spiro atoms. The van der Waals surface area contributed by atoms with Crippen LogP contribution in [-0.2, 0) is 11.0 Å². The molecule has 0 bridgehead atoms. The van der Waals surface area contributed by atoms with Gasteiger partial charge in [0.05, 0.1) is 17.2 Å². The van der Waals surface area contributed by atoms with E-state index >= 15 is 0 Å². The molecule has 11 heteroatoms. The number of piperidine rings is 1. The number of halogens is 4. The van der Waals surface area contributed by atoms with Gasteiger partial charge in [-0.25, -0.2) is 4.98 Å². The quantitative estimate of drug-likeness (QED) is 0.484. The third-order valence-electron chi connectivity index (χ3n) is 6.88. The zero-order chi connectivity index (χ0) is 26.0. The van der Waals surface area contributed by atoms with E-state index in [2.05, 4.69) is 20.1 Å². The summed E-state index contributed by atoms with van der Waals surface area (Å²) in [6.07, 6.45) is -1.86. The van der Waals surface area contributed by atoms with Gasteiger partial charge in [0.2, 0.25) is 5.91 Å². The van der Waals surface area contributed by atoms with Crippen LogP contribution in [0.5, 0.6) is 0 Å². The second kappa shape index (κ2) is 10.5. The van der Waals surface area contributed by atoms with E-state index in [1.807, 2.05) is 46.2 Å². The van der Waals surface area contributed by atoms with Crippen LogP contribution in [0, 0.1) is 5.92 Å². The Balaban J connectivity index is 1.17. The fraction of sp³-hybridized carbons (Fsp3) is 0.385. The molecule has 1 atom stereocenters. The largest absolute Gasteiger partial charge is 0.417 e. The number of amides is 1. The van der Waals surface area contributed by atoms with Crippen molar-refractivity contribution in [2.24, 2.45) is 5.92 Å². The highest BCUT2D eigenvalue weighted by atomic mass is 35.5. The average Bonchev–Trinajstić information content (AvgIpc) is 2.93. The van der Waals surface area contributed by atoms with E-state index in [0.717, 1.165) is 48.7 Å². The number of pyridine rings is 1. The first-order chi connectivity index (χ1) is 17.8. The van der Waals surface area contributed by atoms with Crippen molar-refractivity contribution >= 4 is 29.1 Å². The van der Waals surface area contributed by atoms with Crippen LogP contribution in [0.4, 0.5) is 24.8 Å². The Kier molecular flexibility index (Phi) is 7.19. The molecule has 0 radical (unpaired) electrons. The molecule has 3 aromatic rings. The Morgan fingerprint density at radius 2 is 1.59 bits per heavy atom. The van der Waals surface area contributed by atoms with Crippen LogP contribution < -0.4 is 9.80 Å². The Labute approximate surface area is 217 Å². The minimum atomic E-state index is -4.41. The molecule has 2 aliphatic heterocycles. The van der Waals surface area contributed by atoms with Crippen LogP contribution in [-0.4, -0.2) is 65.3 Å². The summed E-state index contributed by atoms with van der Waals surface area (Å²) in [4.78, 5) is 23.1. The summed E-state index contributed by atoms with van der Waals surface area (Å²) < 4.78 is 38.4. The Morgan fingerprint density at radius 1 is 0.865 bits per heavy atom. The molecule has 2 aromatic heterocycles. The molecule has 1 aromatic carbocycles. The summed E-state index contributed by atoms with van der Waals surface area (Å²) in [7, 11) is 0. The van der Waals surface area contributed by atoms with Gasteiger partial charge in [-0.05, 0) is 49.2 Å². The summed E-state index contributed by atoms with van der Waals surface area (Å²) in [5.41, 5.74) is 0.919. The second-order valence-corrected chi connectivity index (χ2v) is 9.72. The minimum Gasteiger partial charge on any atom is -0.354 e. The smallest absolute Gasteiger partial charge is 0.354 e. The van der Waals surface area contributed by atoms with Crippen molar-refractivity contribution < 1.29 is 18.0 Å². The molecule has 0 saturated carbocycles. The first-order valence-corrected chi connectivity index (χ1v) is 12.6. The van der Waals surface area contributed by atoms with E-state index < -0.39 is 11.7 Å². The highest BCUT2D eigenvalue weighted by molar-refractivity contribution is 6.30. The van der Waals surface area contributed by atoms with Crippen LogP contribution >= 0.6 is 11.6 Å². The molecule has 2 fully saturated rings. The van der Waals surface area contributed by atoms with Gasteiger partial charge in [0, 0.05) is 56.1 Å². The third-order valence-corrected chi connectivity index (χ3v) is 7.13. The molecule has 1 amide bonds. The van der Waals surface area contributed by atoms with Crippen LogP contribution in [0.2, 0.25) is 5.02 Å². The Morgan fingerprint density at radius 3 is 2.22 bits per heavy atom. The number of piperazine rings is 1. The predicted molar refractivity (Wildman–Crippen MR) is 135 cm³/mol.